The van der Waals surface area contributed by atoms with Gasteiger partial charge in [-0.2, -0.15) is 0 Å². The summed E-state index contributed by atoms with van der Waals surface area (Å²) < 4.78 is 14.8. The summed E-state index contributed by atoms with van der Waals surface area (Å²) in [4.78, 5) is 22.5. The first-order valence-corrected chi connectivity index (χ1v) is 13.4. The molecule has 2 aromatic carbocycles. The SMILES string of the molecule is CC1C(CSc2nncn2C)OC(c2ccc(CNC(=O)CCC(=O)O)cc2)OC1c1ccc(CO)cc1. The van der Waals surface area contributed by atoms with Crippen LogP contribution >= 0.6 is 11.8 Å². The smallest absolute Gasteiger partial charge is 0.303 e. The van der Waals surface area contributed by atoms with Gasteiger partial charge in [-0.1, -0.05) is 67.2 Å². The quantitative estimate of drug-likeness (QED) is 0.313. The van der Waals surface area contributed by atoms with Gasteiger partial charge in [-0.15, -0.1) is 10.2 Å². The predicted octanol–water partition coefficient (Wildman–Crippen LogP) is 3.37. The second kappa shape index (κ2) is 13.0. The minimum absolute atomic E-state index is 0.0174. The summed E-state index contributed by atoms with van der Waals surface area (Å²) in [6.07, 6.45) is 0.466. The fourth-order valence-electron chi connectivity index (χ4n) is 4.17. The lowest BCUT2D eigenvalue weighted by Crippen LogP contribution is -2.38. The third-order valence-electron chi connectivity index (χ3n) is 6.48. The average molecular weight is 541 g/mol. The molecule has 0 bridgehead atoms. The highest BCUT2D eigenvalue weighted by Crippen LogP contribution is 2.42. The number of carbonyl (C=O) groups is 2. The number of hydrogen-bond donors (Lipinski definition) is 3. The van der Waals surface area contributed by atoms with Crippen LogP contribution in [0.2, 0.25) is 0 Å². The van der Waals surface area contributed by atoms with E-state index in [0.29, 0.717) is 12.3 Å². The number of nitrogens with one attached hydrogen (secondary N) is 1. The summed E-state index contributed by atoms with van der Waals surface area (Å²) in [5.74, 6) is -0.587. The van der Waals surface area contributed by atoms with Crippen molar-refractivity contribution in [3.63, 3.8) is 0 Å². The van der Waals surface area contributed by atoms with Crippen molar-refractivity contribution in [2.24, 2.45) is 13.0 Å². The summed E-state index contributed by atoms with van der Waals surface area (Å²) in [6, 6.07) is 15.4. The molecular formula is C27H32N4O6S. The number of benzene rings is 2. The molecule has 0 spiro atoms. The average Bonchev–Trinajstić information content (AvgIpc) is 3.35. The van der Waals surface area contributed by atoms with Crippen LogP contribution in [0.5, 0.6) is 0 Å². The number of carboxylic acids is 1. The molecule has 1 saturated heterocycles. The molecule has 202 valence electrons. The third-order valence-corrected chi connectivity index (χ3v) is 7.60. The van der Waals surface area contributed by atoms with Crippen molar-refractivity contribution in [1.82, 2.24) is 20.1 Å². The number of aromatic nitrogens is 3. The molecule has 1 aliphatic rings. The first-order chi connectivity index (χ1) is 18.3. The maximum absolute atomic E-state index is 11.8. The van der Waals surface area contributed by atoms with E-state index < -0.39 is 12.3 Å². The van der Waals surface area contributed by atoms with Crippen molar-refractivity contribution in [2.45, 2.75) is 56.6 Å². The van der Waals surface area contributed by atoms with Crippen LogP contribution in [-0.2, 0) is 39.3 Å². The Morgan fingerprint density at radius 3 is 2.34 bits per heavy atom. The monoisotopic (exact) mass is 540 g/mol. The number of hydrogen-bond acceptors (Lipinski definition) is 8. The van der Waals surface area contributed by atoms with Crippen molar-refractivity contribution in [1.29, 1.82) is 0 Å². The molecule has 11 heteroatoms. The highest BCUT2D eigenvalue weighted by Gasteiger charge is 2.38. The van der Waals surface area contributed by atoms with Gasteiger partial charge in [0.25, 0.3) is 0 Å². The van der Waals surface area contributed by atoms with Crippen molar-refractivity contribution >= 4 is 23.6 Å². The fourth-order valence-corrected chi connectivity index (χ4v) is 5.22. The normalized spacial score (nSPS) is 21.2. The third kappa shape index (κ3) is 7.19. The Labute approximate surface area is 225 Å². The molecule has 0 saturated carbocycles. The second-order valence-electron chi connectivity index (χ2n) is 9.27. The first kappa shape index (κ1) is 27.8. The number of nitrogens with zero attached hydrogens (tertiary/aromatic N) is 3. The maximum atomic E-state index is 11.8. The Hall–Kier alpha value is -3.25. The van der Waals surface area contributed by atoms with Crippen molar-refractivity contribution in [2.75, 3.05) is 5.75 Å². The Kier molecular flexibility index (Phi) is 9.51. The lowest BCUT2D eigenvalue weighted by Gasteiger charge is -2.41. The molecule has 4 rings (SSSR count). The molecular weight excluding hydrogens is 508 g/mol. The zero-order valence-electron chi connectivity index (χ0n) is 21.3. The zero-order valence-corrected chi connectivity index (χ0v) is 22.1. The maximum Gasteiger partial charge on any atom is 0.303 e. The van der Waals surface area contributed by atoms with E-state index in [1.807, 2.05) is 60.1 Å². The number of carboxylic acid groups (broad SMARTS) is 1. The number of aliphatic carboxylic acids is 1. The number of aryl methyl sites for hydroxylation is 1. The van der Waals surface area contributed by atoms with E-state index in [4.69, 9.17) is 14.6 Å². The van der Waals surface area contributed by atoms with Crippen molar-refractivity contribution < 1.29 is 29.3 Å². The van der Waals surface area contributed by atoms with Crippen LogP contribution in [0.15, 0.2) is 60.0 Å². The molecule has 38 heavy (non-hydrogen) atoms. The highest BCUT2D eigenvalue weighted by molar-refractivity contribution is 7.99. The zero-order chi connectivity index (χ0) is 27.1. The van der Waals surface area contributed by atoms with Gasteiger partial charge in [0.05, 0.1) is 25.2 Å². The largest absolute Gasteiger partial charge is 0.481 e. The number of thioether (sulfide) groups is 1. The van der Waals surface area contributed by atoms with E-state index in [-0.39, 0.29) is 43.5 Å². The number of rotatable bonds is 11. The van der Waals surface area contributed by atoms with Crippen LogP contribution in [0.4, 0.5) is 0 Å². The van der Waals surface area contributed by atoms with E-state index in [0.717, 1.165) is 27.4 Å². The summed E-state index contributed by atoms with van der Waals surface area (Å²) in [5.41, 5.74) is 3.58. The summed E-state index contributed by atoms with van der Waals surface area (Å²) in [7, 11) is 1.90. The Balaban J connectivity index is 1.47. The number of aliphatic hydroxyl groups is 1. The van der Waals surface area contributed by atoms with Crippen LogP contribution in [-0.4, -0.2) is 48.7 Å². The Morgan fingerprint density at radius 1 is 1.03 bits per heavy atom. The highest BCUT2D eigenvalue weighted by atomic mass is 32.2. The van der Waals surface area contributed by atoms with Crippen LogP contribution in [0, 0.1) is 5.92 Å². The second-order valence-corrected chi connectivity index (χ2v) is 10.3. The van der Waals surface area contributed by atoms with Crippen LogP contribution < -0.4 is 5.32 Å². The van der Waals surface area contributed by atoms with Gasteiger partial charge in [0.2, 0.25) is 5.91 Å². The lowest BCUT2D eigenvalue weighted by molar-refractivity contribution is -0.268. The van der Waals surface area contributed by atoms with Crippen LogP contribution in [0.3, 0.4) is 0 Å². The van der Waals surface area contributed by atoms with E-state index in [2.05, 4.69) is 22.4 Å². The summed E-state index contributed by atoms with van der Waals surface area (Å²) in [5, 5.41) is 29.8. The standard InChI is InChI=1S/C27H32N4O6S/c1-17-22(15-38-27-30-29-16-31(27)2)36-26(37-25(17)20-7-5-19(14-32)6-8-20)21-9-3-18(4-10-21)13-28-23(33)11-12-24(34)35/h3-10,16-17,22,25-26,32H,11-15H2,1-2H3,(H,28,33)(H,34,35). The van der Waals surface area contributed by atoms with Gasteiger partial charge in [0.15, 0.2) is 11.4 Å². The van der Waals surface area contributed by atoms with Crippen LogP contribution in [0.25, 0.3) is 0 Å². The molecule has 1 fully saturated rings. The number of carbonyl (C=O) groups excluding carboxylic acids is 1. The van der Waals surface area contributed by atoms with E-state index in [1.54, 1.807) is 18.1 Å². The molecule has 3 N–H and O–H groups in total. The van der Waals surface area contributed by atoms with Gasteiger partial charge >= 0.3 is 5.97 Å². The van der Waals surface area contributed by atoms with Gasteiger partial charge in [-0.05, 0) is 16.7 Å². The predicted molar refractivity (Wildman–Crippen MR) is 140 cm³/mol. The number of amides is 1. The van der Waals surface area contributed by atoms with E-state index in [9.17, 15) is 14.7 Å². The first-order valence-electron chi connectivity index (χ1n) is 12.4. The number of aliphatic hydroxyl groups excluding tert-OH is 1. The Bertz CT molecular complexity index is 1220. The van der Waals surface area contributed by atoms with Crippen molar-refractivity contribution in [3.05, 3.63) is 77.1 Å². The molecule has 0 radical (unpaired) electrons. The molecule has 1 aliphatic heterocycles. The van der Waals surface area contributed by atoms with Gasteiger partial charge in [-0.25, -0.2) is 0 Å². The molecule has 10 nitrogen and oxygen atoms in total. The topological polar surface area (TPSA) is 136 Å². The lowest BCUT2D eigenvalue weighted by atomic mass is 9.91. The van der Waals surface area contributed by atoms with Crippen LogP contribution in [0.1, 0.15) is 54.4 Å². The van der Waals surface area contributed by atoms with E-state index >= 15 is 0 Å². The summed E-state index contributed by atoms with van der Waals surface area (Å²) in [6.45, 7) is 2.40. The van der Waals surface area contributed by atoms with Crippen molar-refractivity contribution in [3.8, 4) is 0 Å². The number of ether oxygens (including phenoxy) is 2. The molecule has 4 atom stereocenters. The minimum Gasteiger partial charge on any atom is -0.481 e. The van der Waals surface area contributed by atoms with E-state index in [1.165, 1.54) is 0 Å². The van der Waals surface area contributed by atoms with Gasteiger partial charge < -0.3 is 29.6 Å². The Morgan fingerprint density at radius 2 is 1.71 bits per heavy atom. The minimum atomic E-state index is -0.998. The van der Waals surface area contributed by atoms with Gasteiger partial charge in [0, 0.05) is 37.2 Å². The fraction of sp³-hybridized carbons (Fsp3) is 0.407. The molecule has 0 aliphatic carbocycles. The molecule has 4 unspecified atom stereocenters. The van der Waals surface area contributed by atoms with Gasteiger partial charge in [-0.3, -0.25) is 9.59 Å². The molecule has 3 aromatic rings. The molecule has 2 heterocycles. The summed E-state index contributed by atoms with van der Waals surface area (Å²) >= 11 is 1.58. The molecule has 1 aromatic heterocycles. The molecule has 1 amide bonds. The van der Waals surface area contributed by atoms with Gasteiger partial charge in [0.1, 0.15) is 6.33 Å².